The van der Waals surface area contributed by atoms with E-state index < -0.39 is 17.5 Å². The lowest BCUT2D eigenvalue weighted by atomic mass is 10.3. The van der Waals surface area contributed by atoms with Crippen molar-refractivity contribution in [3.05, 3.63) is 50.1 Å². The van der Waals surface area contributed by atoms with Crippen LogP contribution in [0, 0.1) is 18.6 Å². The maximum atomic E-state index is 13.3. The number of amides is 1. The third kappa shape index (κ3) is 2.76. The summed E-state index contributed by atoms with van der Waals surface area (Å²) < 4.78 is 27.1. The Balaban J connectivity index is 2.23. The molecule has 18 heavy (non-hydrogen) atoms. The molecular formula is C12H8BrF2NOS. The Morgan fingerprint density at radius 2 is 2.06 bits per heavy atom. The first kappa shape index (κ1) is 13.2. The topological polar surface area (TPSA) is 29.1 Å². The highest BCUT2D eigenvalue weighted by Gasteiger charge is 2.13. The van der Waals surface area contributed by atoms with Crippen LogP contribution in [0.1, 0.15) is 15.2 Å². The van der Waals surface area contributed by atoms with Crippen molar-refractivity contribution >= 4 is 38.9 Å². The maximum absolute atomic E-state index is 13.3. The van der Waals surface area contributed by atoms with Crippen molar-refractivity contribution in [2.75, 3.05) is 5.32 Å². The summed E-state index contributed by atoms with van der Waals surface area (Å²) in [7, 11) is 0. The summed E-state index contributed by atoms with van der Waals surface area (Å²) in [5.74, 6) is -1.73. The van der Waals surface area contributed by atoms with Crippen molar-refractivity contribution in [2.24, 2.45) is 0 Å². The first-order chi connectivity index (χ1) is 8.47. The van der Waals surface area contributed by atoms with Crippen molar-refractivity contribution in [2.45, 2.75) is 6.92 Å². The smallest absolute Gasteiger partial charge is 0.265 e. The number of halogens is 3. The van der Waals surface area contributed by atoms with Crippen LogP contribution < -0.4 is 5.32 Å². The highest BCUT2D eigenvalue weighted by Crippen LogP contribution is 2.28. The molecule has 0 saturated heterocycles. The van der Waals surface area contributed by atoms with E-state index in [0.717, 1.165) is 27.5 Å². The van der Waals surface area contributed by atoms with Gasteiger partial charge >= 0.3 is 0 Å². The number of hydrogen-bond donors (Lipinski definition) is 1. The number of nitrogens with one attached hydrogen (secondary N) is 1. The van der Waals surface area contributed by atoms with Crippen molar-refractivity contribution < 1.29 is 13.6 Å². The molecule has 1 heterocycles. The molecule has 0 aliphatic rings. The quantitative estimate of drug-likeness (QED) is 0.870. The monoisotopic (exact) mass is 331 g/mol. The summed E-state index contributed by atoms with van der Waals surface area (Å²) in [6.07, 6.45) is 0. The molecule has 0 bridgehead atoms. The van der Waals surface area contributed by atoms with Crippen LogP contribution >= 0.6 is 27.3 Å². The number of aryl methyl sites for hydroxylation is 1. The molecule has 0 spiro atoms. The van der Waals surface area contributed by atoms with Gasteiger partial charge in [-0.25, -0.2) is 8.78 Å². The predicted molar refractivity (Wildman–Crippen MR) is 71.1 cm³/mol. The summed E-state index contributed by atoms with van der Waals surface area (Å²) in [4.78, 5) is 12.3. The van der Waals surface area contributed by atoms with Crippen LogP contribution in [-0.4, -0.2) is 5.91 Å². The van der Waals surface area contributed by atoms with E-state index in [1.807, 2.05) is 6.92 Å². The van der Waals surface area contributed by atoms with Gasteiger partial charge in [0.25, 0.3) is 5.91 Å². The van der Waals surface area contributed by atoms with Gasteiger partial charge in [0, 0.05) is 6.07 Å². The molecule has 1 amide bonds. The first-order valence-corrected chi connectivity index (χ1v) is 6.60. The molecule has 0 aliphatic carbocycles. The lowest BCUT2D eigenvalue weighted by molar-refractivity contribution is 0.103. The summed E-state index contributed by atoms with van der Waals surface area (Å²) in [6.45, 7) is 1.85. The van der Waals surface area contributed by atoms with Gasteiger partial charge in [-0.2, -0.15) is 0 Å². The number of benzene rings is 1. The molecule has 0 radical (unpaired) electrons. The van der Waals surface area contributed by atoms with Gasteiger partial charge in [0.2, 0.25) is 0 Å². The average Bonchev–Trinajstić information content (AvgIpc) is 2.64. The van der Waals surface area contributed by atoms with E-state index in [0.29, 0.717) is 4.88 Å². The molecule has 0 aliphatic heterocycles. The molecular weight excluding hydrogens is 324 g/mol. The molecule has 1 N–H and O–H groups in total. The standard InChI is InChI=1S/C12H8BrF2NOS/c1-6-4-10(18-11(6)13)12(17)16-9-5-7(14)2-3-8(9)15/h2-5H,1H3,(H,16,17). The predicted octanol–water partition coefficient (Wildman–Crippen LogP) is 4.35. The van der Waals surface area contributed by atoms with Gasteiger partial charge in [-0.05, 0) is 46.6 Å². The van der Waals surface area contributed by atoms with Crippen LogP contribution in [0.3, 0.4) is 0 Å². The Bertz CT molecular complexity index is 593. The summed E-state index contributed by atoms with van der Waals surface area (Å²) in [6, 6.07) is 4.60. The minimum atomic E-state index is -0.669. The Labute approximate surface area is 115 Å². The molecule has 0 saturated carbocycles. The van der Waals surface area contributed by atoms with Crippen molar-refractivity contribution in [1.82, 2.24) is 0 Å². The Kier molecular flexibility index (Phi) is 3.77. The second-order valence-electron chi connectivity index (χ2n) is 3.65. The van der Waals surface area contributed by atoms with Crippen LogP contribution in [0.5, 0.6) is 0 Å². The fourth-order valence-electron chi connectivity index (χ4n) is 1.35. The lowest BCUT2D eigenvalue weighted by Gasteiger charge is -2.04. The van der Waals surface area contributed by atoms with Crippen LogP contribution in [-0.2, 0) is 0 Å². The summed E-state index contributed by atoms with van der Waals surface area (Å²) >= 11 is 4.54. The minimum absolute atomic E-state index is 0.165. The van der Waals surface area contributed by atoms with Gasteiger partial charge < -0.3 is 5.32 Å². The van der Waals surface area contributed by atoms with E-state index in [2.05, 4.69) is 21.2 Å². The number of carbonyl (C=O) groups is 1. The molecule has 0 atom stereocenters. The van der Waals surface area contributed by atoms with E-state index in [1.54, 1.807) is 6.07 Å². The molecule has 1 aromatic heterocycles. The normalized spacial score (nSPS) is 10.4. The van der Waals surface area contributed by atoms with E-state index in [-0.39, 0.29) is 5.69 Å². The zero-order valence-corrected chi connectivity index (χ0v) is 11.7. The van der Waals surface area contributed by atoms with Gasteiger partial charge in [-0.15, -0.1) is 11.3 Å². The van der Waals surface area contributed by atoms with Gasteiger partial charge in [-0.1, -0.05) is 0 Å². The average molecular weight is 332 g/mol. The summed E-state index contributed by atoms with van der Waals surface area (Å²) in [5, 5.41) is 2.34. The zero-order valence-electron chi connectivity index (χ0n) is 9.26. The number of thiophene rings is 1. The molecule has 2 aromatic rings. The van der Waals surface area contributed by atoms with Crippen LogP contribution in [0.2, 0.25) is 0 Å². The SMILES string of the molecule is Cc1cc(C(=O)Nc2cc(F)ccc2F)sc1Br. The fraction of sp³-hybridized carbons (Fsp3) is 0.0833. The third-order valence-electron chi connectivity index (χ3n) is 2.26. The van der Waals surface area contributed by atoms with Crippen molar-refractivity contribution in [3.8, 4) is 0 Å². The Morgan fingerprint density at radius 1 is 1.33 bits per heavy atom. The van der Waals surface area contributed by atoms with Crippen molar-refractivity contribution in [1.29, 1.82) is 0 Å². The summed E-state index contributed by atoms with van der Waals surface area (Å²) in [5.41, 5.74) is 0.757. The minimum Gasteiger partial charge on any atom is -0.319 e. The molecule has 6 heteroatoms. The van der Waals surface area contributed by atoms with Crippen LogP contribution in [0.4, 0.5) is 14.5 Å². The second-order valence-corrected chi connectivity index (χ2v) is 6.02. The van der Waals surface area contributed by atoms with E-state index in [1.165, 1.54) is 11.3 Å². The largest absolute Gasteiger partial charge is 0.319 e. The number of anilines is 1. The molecule has 94 valence electrons. The third-order valence-corrected chi connectivity index (χ3v) is 4.39. The molecule has 0 fully saturated rings. The molecule has 2 nitrogen and oxygen atoms in total. The fourth-order valence-corrected chi connectivity index (χ4v) is 2.78. The van der Waals surface area contributed by atoms with Crippen molar-refractivity contribution in [3.63, 3.8) is 0 Å². The number of rotatable bonds is 2. The van der Waals surface area contributed by atoms with Crippen LogP contribution in [0.15, 0.2) is 28.1 Å². The van der Waals surface area contributed by atoms with Gasteiger partial charge in [0.1, 0.15) is 11.6 Å². The molecule has 1 aromatic carbocycles. The maximum Gasteiger partial charge on any atom is 0.265 e. The van der Waals surface area contributed by atoms with Gasteiger partial charge in [-0.3, -0.25) is 4.79 Å². The highest BCUT2D eigenvalue weighted by molar-refractivity contribution is 9.11. The van der Waals surface area contributed by atoms with E-state index in [4.69, 9.17) is 0 Å². The lowest BCUT2D eigenvalue weighted by Crippen LogP contribution is -2.11. The van der Waals surface area contributed by atoms with Gasteiger partial charge in [0.05, 0.1) is 14.4 Å². The second kappa shape index (κ2) is 5.16. The molecule has 2 rings (SSSR count). The molecule has 0 unspecified atom stereocenters. The number of carbonyl (C=O) groups excluding carboxylic acids is 1. The van der Waals surface area contributed by atoms with E-state index in [9.17, 15) is 13.6 Å². The highest BCUT2D eigenvalue weighted by atomic mass is 79.9. The van der Waals surface area contributed by atoms with E-state index >= 15 is 0 Å². The Hall–Kier alpha value is -1.27. The zero-order chi connectivity index (χ0) is 13.3. The number of hydrogen-bond acceptors (Lipinski definition) is 2. The van der Waals surface area contributed by atoms with Gasteiger partial charge in [0.15, 0.2) is 0 Å². The Morgan fingerprint density at radius 3 is 2.67 bits per heavy atom. The first-order valence-electron chi connectivity index (χ1n) is 4.99. The van der Waals surface area contributed by atoms with Crippen LogP contribution in [0.25, 0.3) is 0 Å².